The van der Waals surface area contributed by atoms with Crippen molar-refractivity contribution in [2.45, 2.75) is 53.5 Å². The Kier molecular flexibility index (Phi) is 7.69. The molecule has 0 unspecified atom stereocenters. The maximum absolute atomic E-state index is 12.8. The second kappa shape index (κ2) is 9.99. The van der Waals surface area contributed by atoms with Crippen molar-refractivity contribution >= 4 is 11.9 Å². The number of hydrogen-bond acceptors (Lipinski definition) is 6. The van der Waals surface area contributed by atoms with Gasteiger partial charge in [0, 0.05) is 17.3 Å². The second-order valence-electron chi connectivity index (χ2n) is 7.78. The molecular formula is C20H29N5O4. The summed E-state index contributed by atoms with van der Waals surface area (Å²) in [5, 5.41) is 9.49. The Labute approximate surface area is 169 Å². The normalized spacial score (nSPS) is 12.2. The predicted molar refractivity (Wildman–Crippen MR) is 108 cm³/mol. The monoisotopic (exact) mass is 403 g/mol. The third kappa shape index (κ3) is 6.55. The van der Waals surface area contributed by atoms with Crippen LogP contribution in [0.15, 0.2) is 16.9 Å². The minimum atomic E-state index is -0.627. The fourth-order valence-corrected chi connectivity index (χ4v) is 2.95. The first-order valence-electron chi connectivity index (χ1n) is 9.83. The third-order valence-corrected chi connectivity index (χ3v) is 4.09. The van der Waals surface area contributed by atoms with Gasteiger partial charge in [-0.25, -0.2) is 9.78 Å². The molecule has 0 saturated carbocycles. The van der Waals surface area contributed by atoms with Crippen LogP contribution in [-0.4, -0.2) is 38.6 Å². The van der Waals surface area contributed by atoms with Crippen LogP contribution in [0.4, 0.5) is 0 Å². The van der Waals surface area contributed by atoms with Crippen molar-refractivity contribution in [2.75, 3.05) is 6.61 Å². The average molecular weight is 403 g/mol. The lowest BCUT2D eigenvalue weighted by molar-refractivity contribution is 0.0512. The number of carbonyl (C=O) groups is 2. The largest absolute Gasteiger partial charge is 0.460 e. The van der Waals surface area contributed by atoms with Crippen molar-refractivity contribution in [3.05, 3.63) is 45.4 Å². The van der Waals surface area contributed by atoms with Crippen molar-refractivity contribution in [2.24, 2.45) is 11.8 Å². The van der Waals surface area contributed by atoms with Crippen LogP contribution in [0.5, 0.6) is 0 Å². The number of aromatic nitrogens is 4. The minimum Gasteiger partial charge on any atom is -0.460 e. The number of ether oxygens (including phenoxy) is 1. The van der Waals surface area contributed by atoms with Gasteiger partial charge in [-0.3, -0.25) is 14.7 Å². The molecule has 0 aromatic carbocycles. The molecular weight excluding hydrogens is 374 g/mol. The Morgan fingerprint density at radius 1 is 1.17 bits per heavy atom. The van der Waals surface area contributed by atoms with Gasteiger partial charge in [0.1, 0.15) is 5.82 Å². The molecule has 2 aromatic heterocycles. The molecule has 29 heavy (non-hydrogen) atoms. The number of carbonyl (C=O) groups excluding carboxylic acids is 2. The molecule has 2 heterocycles. The van der Waals surface area contributed by atoms with Gasteiger partial charge in [-0.15, -0.1) is 5.10 Å². The summed E-state index contributed by atoms with van der Waals surface area (Å²) in [6, 6.07) is 2.47. The number of esters is 1. The summed E-state index contributed by atoms with van der Waals surface area (Å²) in [7, 11) is 0. The van der Waals surface area contributed by atoms with Crippen molar-refractivity contribution in [3.63, 3.8) is 0 Å². The molecule has 0 aliphatic heterocycles. The number of pyridine rings is 1. The van der Waals surface area contributed by atoms with Gasteiger partial charge in [0.2, 0.25) is 5.56 Å². The molecule has 0 bridgehead atoms. The first-order valence-corrected chi connectivity index (χ1v) is 9.83. The number of H-pyrrole nitrogens is 2. The Morgan fingerprint density at radius 2 is 1.90 bits per heavy atom. The number of hydrogen-bond donors (Lipinski definition) is 3. The standard InChI is InChI=1S/C20H29N5O4/c1-6-29-20(28)18-23-17(24-25-18)15(8-12(4)5)22-19(27)13-9-14(7-11(2)3)21-16(26)10-13/h9-12,15H,6-8H2,1-5H3,(H,21,26)(H,22,27)(H,23,24,25)/t15-/m1/s1. The van der Waals surface area contributed by atoms with E-state index >= 15 is 0 Å². The third-order valence-electron chi connectivity index (χ3n) is 4.09. The van der Waals surface area contributed by atoms with Crippen LogP contribution in [0.1, 0.15) is 79.6 Å². The van der Waals surface area contributed by atoms with E-state index in [1.54, 1.807) is 13.0 Å². The van der Waals surface area contributed by atoms with Crippen LogP contribution in [0, 0.1) is 11.8 Å². The van der Waals surface area contributed by atoms with Crippen molar-refractivity contribution in [1.29, 1.82) is 0 Å². The number of amides is 1. The Balaban J connectivity index is 2.24. The highest BCUT2D eigenvalue weighted by Gasteiger charge is 2.23. The summed E-state index contributed by atoms with van der Waals surface area (Å²) < 4.78 is 4.90. The first kappa shape index (κ1) is 22.3. The summed E-state index contributed by atoms with van der Waals surface area (Å²) in [4.78, 5) is 43.5. The molecule has 0 fully saturated rings. The highest BCUT2D eigenvalue weighted by Crippen LogP contribution is 2.19. The maximum Gasteiger partial charge on any atom is 0.378 e. The average Bonchev–Trinajstić information content (AvgIpc) is 3.10. The number of nitrogens with zero attached hydrogens (tertiary/aromatic N) is 2. The zero-order chi connectivity index (χ0) is 21.6. The van der Waals surface area contributed by atoms with Gasteiger partial charge >= 0.3 is 5.97 Å². The quantitative estimate of drug-likeness (QED) is 0.551. The molecule has 1 atom stereocenters. The van der Waals surface area contributed by atoms with Crippen molar-refractivity contribution in [3.8, 4) is 0 Å². The lowest BCUT2D eigenvalue weighted by Gasteiger charge is -2.18. The predicted octanol–water partition coefficient (Wildman–Crippen LogP) is 2.39. The van der Waals surface area contributed by atoms with Gasteiger partial charge in [0.25, 0.3) is 11.7 Å². The molecule has 158 valence electrons. The van der Waals surface area contributed by atoms with Crippen LogP contribution in [0.3, 0.4) is 0 Å². The SMILES string of the molecule is CCOC(=O)c1n[nH]c([C@@H](CC(C)C)NC(=O)c2cc(CC(C)C)[nH]c(=O)c2)n1. The molecule has 0 spiro atoms. The van der Waals surface area contributed by atoms with Crippen LogP contribution in [0.2, 0.25) is 0 Å². The van der Waals surface area contributed by atoms with Crippen LogP contribution < -0.4 is 10.9 Å². The van der Waals surface area contributed by atoms with Gasteiger partial charge in [-0.05, 0) is 37.7 Å². The molecule has 9 heteroatoms. The van der Waals surface area contributed by atoms with Crippen molar-refractivity contribution in [1.82, 2.24) is 25.5 Å². The zero-order valence-electron chi connectivity index (χ0n) is 17.5. The zero-order valence-corrected chi connectivity index (χ0v) is 17.5. The van der Waals surface area contributed by atoms with Crippen LogP contribution in [0.25, 0.3) is 0 Å². The number of aromatic amines is 2. The smallest absolute Gasteiger partial charge is 0.378 e. The van der Waals surface area contributed by atoms with E-state index in [1.165, 1.54) is 6.07 Å². The Hall–Kier alpha value is -2.97. The summed E-state index contributed by atoms with van der Waals surface area (Å²) >= 11 is 0. The van der Waals surface area contributed by atoms with Gasteiger partial charge in [0.15, 0.2) is 0 Å². The summed E-state index contributed by atoms with van der Waals surface area (Å²) in [5.74, 6) is -0.152. The van der Waals surface area contributed by atoms with Gasteiger partial charge in [-0.1, -0.05) is 27.7 Å². The van der Waals surface area contributed by atoms with E-state index in [0.29, 0.717) is 30.3 Å². The van der Waals surface area contributed by atoms with E-state index in [-0.39, 0.29) is 35.4 Å². The van der Waals surface area contributed by atoms with E-state index in [2.05, 4.69) is 25.5 Å². The summed E-state index contributed by atoms with van der Waals surface area (Å²) in [6.45, 7) is 10.0. The fraction of sp³-hybridized carbons (Fsp3) is 0.550. The number of rotatable bonds is 9. The summed E-state index contributed by atoms with van der Waals surface area (Å²) in [5.41, 5.74) is 0.670. The van der Waals surface area contributed by atoms with Gasteiger partial charge < -0.3 is 15.0 Å². The second-order valence-corrected chi connectivity index (χ2v) is 7.78. The molecule has 1 amide bonds. The van der Waals surface area contributed by atoms with E-state index in [1.807, 2.05) is 27.7 Å². The molecule has 3 N–H and O–H groups in total. The molecule has 9 nitrogen and oxygen atoms in total. The minimum absolute atomic E-state index is 0.0831. The van der Waals surface area contributed by atoms with Gasteiger partial charge in [0.05, 0.1) is 12.6 Å². The Bertz CT molecular complexity index is 900. The molecule has 2 rings (SSSR count). The molecule has 2 aromatic rings. The van der Waals surface area contributed by atoms with E-state index in [9.17, 15) is 14.4 Å². The fourth-order valence-electron chi connectivity index (χ4n) is 2.95. The topological polar surface area (TPSA) is 130 Å². The van der Waals surface area contributed by atoms with E-state index < -0.39 is 12.0 Å². The van der Waals surface area contributed by atoms with Crippen molar-refractivity contribution < 1.29 is 14.3 Å². The molecule has 0 aliphatic carbocycles. The first-order chi connectivity index (χ1) is 13.7. The van der Waals surface area contributed by atoms with Gasteiger partial charge in [-0.2, -0.15) is 0 Å². The molecule has 0 aliphatic rings. The van der Waals surface area contributed by atoms with E-state index in [0.717, 1.165) is 0 Å². The lowest BCUT2D eigenvalue weighted by Crippen LogP contribution is -2.31. The maximum atomic E-state index is 12.8. The molecule has 0 radical (unpaired) electrons. The molecule has 0 saturated heterocycles. The van der Waals surface area contributed by atoms with Crippen LogP contribution in [-0.2, 0) is 11.2 Å². The highest BCUT2D eigenvalue weighted by molar-refractivity contribution is 5.94. The van der Waals surface area contributed by atoms with E-state index in [4.69, 9.17) is 4.74 Å². The summed E-state index contributed by atoms with van der Waals surface area (Å²) in [6.07, 6.45) is 1.24. The number of nitrogens with one attached hydrogen (secondary N) is 3. The Morgan fingerprint density at radius 3 is 2.52 bits per heavy atom. The van der Waals surface area contributed by atoms with Crippen LogP contribution >= 0.6 is 0 Å². The lowest BCUT2D eigenvalue weighted by atomic mass is 10.0. The highest BCUT2D eigenvalue weighted by atomic mass is 16.5.